The van der Waals surface area contributed by atoms with E-state index in [9.17, 15) is 23.3 Å². The summed E-state index contributed by atoms with van der Waals surface area (Å²) in [6.07, 6.45) is -0.988. The largest absolute Gasteiger partial charge is 0.495 e. The summed E-state index contributed by atoms with van der Waals surface area (Å²) in [6.45, 7) is 3.50. The Morgan fingerprint density at radius 3 is 2.31 bits per heavy atom. The number of nitro groups is 1. The minimum absolute atomic E-state index is 0.0778. The van der Waals surface area contributed by atoms with Crippen LogP contribution in [0.3, 0.4) is 0 Å². The second-order valence-corrected chi connectivity index (χ2v) is 9.23. The lowest BCUT2D eigenvalue weighted by Crippen LogP contribution is -2.31. The summed E-state index contributed by atoms with van der Waals surface area (Å²) in [7, 11) is -2.42. The number of carbonyl (C=O) groups is 1. The van der Waals surface area contributed by atoms with E-state index in [0.29, 0.717) is 5.69 Å². The number of carbonyl (C=O) groups excluding carboxylic acids is 1. The van der Waals surface area contributed by atoms with Crippen LogP contribution in [0.15, 0.2) is 77.7 Å². The number of amides is 1. The Morgan fingerprint density at radius 1 is 1.09 bits per heavy atom. The summed E-state index contributed by atoms with van der Waals surface area (Å²) in [6, 6.07) is 18.3. The lowest BCUT2D eigenvalue weighted by atomic mass is 10.2. The van der Waals surface area contributed by atoms with Crippen molar-refractivity contribution in [3.63, 3.8) is 0 Å². The normalized spacial score (nSPS) is 11.9. The van der Waals surface area contributed by atoms with Gasteiger partial charge in [0.15, 0.2) is 6.10 Å². The maximum atomic E-state index is 13.1. The molecule has 0 aliphatic carbocycles. The van der Waals surface area contributed by atoms with Crippen molar-refractivity contribution in [1.29, 1.82) is 0 Å². The van der Waals surface area contributed by atoms with Gasteiger partial charge in [-0.3, -0.25) is 19.2 Å². The van der Waals surface area contributed by atoms with Crippen LogP contribution in [-0.2, 0) is 14.8 Å². The molecule has 0 radical (unpaired) electrons. The Morgan fingerprint density at radius 2 is 1.74 bits per heavy atom. The molecule has 0 unspecified atom stereocenters. The van der Waals surface area contributed by atoms with E-state index in [4.69, 9.17) is 9.47 Å². The minimum atomic E-state index is -3.80. The number of hydrogen-bond acceptors (Lipinski definition) is 7. The molecule has 0 aromatic heterocycles. The summed E-state index contributed by atoms with van der Waals surface area (Å²) in [5, 5.41) is 13.6. The first-order valence-electron chi connectivity index (χ1n) is 10.6. The van der Waals surface area contributed by atoms with E-state index in [1.165, 1.54) is 60.8 Å². The lowest BCUT2D eigenvalue weighted by Gasteiger charge is -2.23. The van der Waals surface area contributed by atoms with Crippen LogP contribution in [0, 0.1) is 10.1 Å². The summed E-state index contributed by atoms with van der Waals surface area (Å²) in [5.41, 5.74) is 0.476. The van der Waals surface area contributed by atoms with Crippen LogP contribution in [0.5, 0.6) is 11.5 Å². The third-order valence-electron chi connectivity index (χ3n) is 5.08. The molecule has 3 aromatic carbocycles. The predicted octanol–water partition coefficient (Wildman–Crippen LogP) is 4.22. The van der Waals surface area contributed by atoms with Gasteiger partial charge in [-0.25, -0.2) is 8.42 Å². The lowest BCUT2D eigenvalue weighted by molar-refractivity contribution is -0.384. The number of benzene rings is 3. The van der Waals surface area contributed by atoms with E-state index in [-0.39, 0.29) is 34.3 Å². The molecule has 3 rings (SSSR count). The number of nitro benzene ring substituents is 1. The van der Waals surface area contributed by atoms with Crippen LogP contribution in [0.25, 0.3) is 0 Å². The number of para-hydroxylation sites is 1. The first-order chi connectivity index (χ1) is 16.7. The minimum Gasteiger partial charge on any atom is -0.495 e. The molecule has 0 bridgehead atoms. The summed E-state index contributed by atoms with van der Waals surface area (Å²) in [5.74, 6) is -0.0355. The van der Waals surface area contributed by atoms with Crippen molar-refractivity contribution in [3.05, 3.63) is 82.9 Å². The molecule has 184 valence electrons. The van der Waals surface area contributed by atoms with Gasteiger partial charge in [0.2, 0.25) is 0 Å². The fraction of sp³-hybridized carbons (Fsp3) is 0.208. The number of nitrogens with one attached hydrogen (secondary N) is 1. The summed E-state index contributed by atoms with van der Waals surface area (Å²) in [4.78, 5) is 23.1. The standard InChI is InChI=1S/C24H25N3O7S/c1-4-26(18-8-6-5-7-9-18)35(31,32)21-13-11-20(12-14-21)34-17(2)24(28)25-22-16-19(27(29)30)10-15-23(22)33-3/h5-17H,4H2,1-3H3,(H,25,28)/t17-/m1/s1. The maximum absolute atomic E-state index is 13.1. The fourth-order valence-electron chi connectivity index (χ4n) is 3.30. The van der Waals surface area contributed by atoms with Crippen LogP contribution in [0.1, 0.15) is 13.8 Å². The van der Waals surface area contributed by atoms with Crippen molar-refractivity contribution in [2.75, 3.05) is 23.3 Å². The highest BCUT2D eigenvalue weighted by Crippen LogP contribution is 2.29. The van der Waals surface area contributed by atoms with Crippen LogP contribution in [0.4, 0.5) is 17.1 Å². The second kappa shape index (κ2) is 10.9. The Labute approximate surface area is 203 Å². The molecule has 0 saturated heterocycles. The van der Waals surface area contributed by atoms with Gasteiger partial charge in [-0.15, -0.1) is 0 Å². The average Bonchev–Trinajstić information content (AvgIpc) is 2.85. The number of sulfonamides is 1. The fourth-order valence-corrected chi connectivity index (χ4v) is 4.78. The monoisotopic (exact) mass is 499 g/mol. The number of ether oxygens (including phenoxy) is 2. The first-order valence-corrected chi connectivity index (χ1v) is 12.1. The van der Waals surface area contributed by atoms with Gasteiger partial charge in [0.05, 0.1) is 28.3 Å². The van der Waals surface area contributed by atoms with Gasteiger partial charge in [0, 0.05) is 18.7 Å². The highest BCUT2D eigenvalue weighted by Gasteiger charge is 2.24. The van der Waals surface area contributed by atoms with Crippen molar-refractivity contribution < 1.29 is 27.6 Å². The van der Waals surface area contributed by atoms with Crippen molar-refractivity contribution in [1.82, 2.24) is 0 Å². The smallest absolute Gasteiger partial charge is 0.271 e. The molecule has 3 aromatic rings. The van der Waals surface area contributed by atoms with Crippen molar-refractivity contribution in [2.45, 2.75) is 24.8 Å². The van der Waals surface area contributed by atoms with E-state index in [2.05, 4.69) is 5.32 Å². The SMILES string of the molecule is CCN(c1ccccc1)S(=O)(=O)c1ccc(O[C@H](C)C(=O)Nc2cc([N+](=O)[O-])ccc2OC)cc1. The Hall–Kier alpha value is -4.12. The van der Waals surface area contributed by atoms with Crippen LogP contribution in [0.2, 0.25) is 0 Å². The van der Waals surface area contributed by atoms with Crippen molar-refractivity contribution in [2.24, 2.45) is 0 Å². The molecule has 0 saturated carbocycles. The third kappa shape index (κ3) is 5.87. The van der Waals surface area contributed by atoms with E-state index < -0.39 is 27.0 Å². The van der Waals surface area contributed by atoms with Gasteiger partial charge in [0.25, 0.3) is 21.6 Å². The molecule has 11 heteroatoms. The molecule has 1 N–H and O–H groups in total. The summed E-state index contributed by atoms with van der Waals surface area (Å²) >= 11 is 0. The number of hydrogen-bond donors (Lipinski definition) is 1. The zero-order valence-corrected chi connectivity index (χ0v) is 20.2. The molecular formula is C24H25N3O7S. The molecule has 0 aliphatic heterocycles. The number of anilines is 2. The molecule has 1 atom stereocenters. The zero-order valence-electron chi connectivity index (χ0n) is 19.4. The summed E-state index contributed by atoms with van der Waals surface area (Å²) < 4.78 is 38.3. The first kappa shape index (κ1) is 25.5. The molecule has 0 heterocycles. The van der Waals surface area contributed by atoms with Crippen LogP contribution >= 0.6 is 0 Å². The Balaban J connectivity index is 1.72. The van der Waals surface area contributed by atoms with Gasteiger partial charge in [0.1, 0.15) is 11.5 Å². The molecule has 1 amide bonds. The van der Waals surface area contributed by atoms with Gasteiger partial charge >= 0.3 is 0 Å². The van der Waals surface area contributed by atoms with Crippen molar-refractivity contribution >= 4 is 33.0 Å². The number of methoxy groups -OCH3 is 1. The molecule has 0 aliphatic rings. The van der Waals surface area contributed by atoms with E-state index in [1.54, 1.807) is 31.2 Å². The molecule has 10 nitrogen and oxygen atoms in total. The van der Waals surface area contributed by atoms with Gasteiger partial charge < -0.3 is 14.8 Å². The molecular weight excluding hydrogens is 474 g/mol. The average molecular weight is 500 g/mol. The topological polar surface area (TPSA) is 128 Å². The van der Waals surface area contributed by atoms with Gasteiger partial charge in [-0.1, -0.05) is 18.2 Å². The molecule has 0 spiro atoms. The predicted molar refractivity (Wildman–Crippen MR) is 131 cm³/mol. The Bertz CT molecular complexity index is 1300. The zero-order chi connectivity index (χ0) is 25.6. The number of rotatable bonds is 10. The molecule has 0 fully saturated rings. The van der Waals surface area contributed by atoms with Crippen LogP contribution < -0.4 is 19.1 Å². The highest BCUT2D eigenvalue weighted by molar-refractivity contribution is 7.92. The maximum Gasteiger partial charge on any atom is 0.271 e. The van der Waals surface area contributed by atoms with Crippen LogP contribution in [-0.4, -0.2) is 39.0 Å². The van der Waals surface area contributed by atoms with Gasteiger partial charge in [-0.2, -0.15) is 0 Å². The number of non-ortho nitro benzene ring substituents is 1. The highest BCUT2D eigenvalue weighted by atomic mass is 32.2. The number of nitrogens with zero attached hydrogens (tertiary/aromatic N) is 2. The van der Waals surface area contributed by atoms with Crippen molar-refractivity contribution in [3.8, 4) is 11.5 Å². The van der Waals surface area contributed by atoms with E-state index >= 15 is 0 Å². The van der Waals surface area contributed by atoms with E-state index in [1.807, 2.05) is 6.07 Å². The van der Waals surface area contributed by atoms with Gasteiger partial charge in [-0.05, 0) is 56.3 Å². The molecule has 35 heavy (non-hydrogen) atoms. The quantitative estimate of drug-likeness (QED) is 0.327. The van der Waals surface area contributed by atoms with E-state index in [0.717, 1.165) is 0 Å². The Kier molecular flexibility index (Phi) is 7.92. The third-order valence-corrected chi connectivity index (χ3v) is 6.99. The second-order valence-electron chi connectivity index (χ2n) is 7.37.